The van der Waals surface area contributed by atoms with Crippen LogP contribution in [0, 0.1) is 6.92 Å². The van der Waals surface area contributed by atoms with E-state index in [1.54, 1.807) is 36.4 Å². The number of aliphatic carboxylic acids is 1. The smallest absolute Gasteiger partial charge is 0.326 e. The molecule has 2 N–H and O–H groups in total. The number of carboxylic acid groups (broad SMARTS) is 1. The van der Waals surface area contributed by atoms with Crippen molar-refractivity contribution in [3.05, 3.63) is 112 Å². The van der Waals surface area contributed by atoms with Gasteiger partial charge >= 0.3 is 5.97 Å². The molecule has 0 saturated heterocycles. The number of aromatic nitrogens is 2. The summed E-state index contributed by atoms with van der Waals surface area (Å²) in [5.74, 6) is -1.17. The molecule has 39 heavy (non-hydrogen) atoms. The fourth-order valence-corrected chi connectivity index (χ4v) is 4.77. The van der Waals surface area contributed by atoms with E-state index in [0.29, 0.717) is 42.6 Å². The van der Waals surface area contributed by atoms with Gasteiger partial charge in [-0.1, -0.05) is 59.6 Å². The van der Waals surface area contributed by atoms with Crippen LogP contribution < -0.4 is 15.0 Å². The number of halogens is 1. The van der Waals surface area contributed by atoms with Crippen molar-refractivity contribution >= 4 is 29.2 Å². The average molecular weight is 545 g/mol. The Kier molecular flexibility index (Phi) is 7.84. The number of para-hydroxylation sites is 1. The van der Waals surface area contributed by atoms with Crippen LogP contribution in [-0.4, -0.2) is 45.7 Å². The summed E-state index contributed by atoms with van der Waals surface area (Å²) in [4.78, 5) is 31.7. The van der Waals surface area contributed by atoms with Gasteiger partial charge in [-0.2, -0.15) is 0 Å². The van der Waals surface area contributed by atoms with E-state index >= 15 is 0 Å². The number of carbonyl (C=O) groups is 2. The molecule has 0 fully saturated rings. The number of nitrogens with zero attached hydrogens (tertiary/aromatic N) is 3. The molecule has 0 spiro atoms. The number of hydrogen-bond acceptors (Lipinski definition) is 5. The van der Waals surface area contributed by atoms with Crippen molar-refractivity contribution < 1.29 is 19.4 Å². The van der Waals surface area contributed by atoms with E-state index in [2.05, 4.69) is 51.0 Å². The van der Waals surface area contributed by atoms with E-state index in [-0.39, 0.29) is 6.42 Å². The van der Waals surface area contributed by atoms with Gasteiger partial charge < -0.3 is 24.6 Å². The number of nitrogens with one attached hydrogen (secondary N) is 1. The highest BCUT2D eigenvalue weighted by Gasteiger charge is 2.27. The van der Waals surface area contributed by atoms with E-state index in [9.17, 15) is 14.7 Å². The monoisotopic (exact) mass is 544 g/mol. The number of anilines is 1. The van der Waals surface area contributed by atoms with Gasteiger partial charge in [-0.05, 0) is 42.3 Å². The quantitative estimate of drug-likeness (QED) is 0.316. The maximum Gasteiger partial charge on any atom is 0.326 e. The molecule has 1 unspecified atom stereocenters. The van der Waals surface area contributed by atoms with Crippen molar-refractivity contribution in [2.75, 3.05) is 18.1 Å². The Hall–Kier alpha value is -4.30. The third-order valence-electron chi connectivity index (χ3n) is 6.77. The topological polar surface area (TPSA) is 96.7 Å². The number of benzene rings is 3. The lowest BCUT2D eigenvalue weighted by atomic mass is 10.0. The Morgan fingerprint density at radius 2 is 1.79 bits per heavy atom. The second kappa shape index (κ2) is 11.6. The van der Waals surface area contributed by atoms with Gasteiger partial charge in [0.1, 0.15) is 12.6 Å². The molecule has 0 radical (unpaired) electrons. The van der Waals surface area contributed by atoms with Crippen LogP contribution in [0.1, 0.15) is 32.7 Å². The molecular formula is C30H29ClN4O4. The lowest BCUT2D eigenvalue weighted by molar-refractivity contribution is -0.139. The van der Waals surface area contributed by atoms with Crippen LogP contribution in [0.25, 0.3) is 0 Å². The zero-order valence-corrected chi connectivity index (χ0v) is 22.3. The van der Waals surface area contributed by atoms with Crippen molar-refractivity contribution in [2.45, 2.75) is 32.5 Å². The third kappa shape index (κ3) is 6.23. The van der Waals surface area contributed by atoms with Crippen molar-refractivity contribution in [3.8, 4) is 5.75 Å². The van der Waals surface area contributed by atoms with Gasteiger partial charge in [-0.3, -0.25) is 4.79 Å². The maximum absolute atomic E-state index is 13.3. The summed E-state index contributed by atoms with van der Waals surface area (Å²) >= 11 is 5.94. The zero-order valence-electron chi connectivity index (χ0n) is 21.5. The maximum atomic E-state index is 13.3. The second-order valence-electron chi connectivity index (χ2n) is 9.62. The number of amides is 1. The van der Waals surface area contributed by atoms with E-state index in [4.69, 9.17) is 16.3 Å². The molecule has 1 atom stereocenters. The molecule has 1 aliphatic rings. The van der Waals surface area contributed by atoms with Crippen LogP contribution in [-0.2, 0) is 24.3 Å². The molecule has 4 aromatic rings. The lowest BCUT2D eigenvalue weighted by Crippen LogP contribution is -2.43. The molecule has 8 nitrogen and oxygen atoms in total. The molecular weight excluding hydrogens is 516 g/mol. The number of fused-ring (bicyclic) bond motifs is 1. The SMILES string of the molecule is Cc1ccc(Cn2cncc2CN2CCOc3c(C(=O)NC(Cc4ccc(Cl)cc4)C(=O)O)cccc32)cc1. The average Bonchev–Trinajstić information content (AvgIpc) is 3.36. The highest BCUT2D eigenvalue weighted by atomic mass is 35.5. The molecule has 1 aromatic heterocycles. The summed E-state index contributed by atoms with van der Waals surface area (Å²) in [6.45, 7) is 4.40. The van der Waals surface area contributed by atoms with E-state index in [1.807, 2.05) is 18.6 Å². The number of hydrogen-bond donors (Lipinski definition) is 2. The van der Waals surface area contributed by atoms with Gasteiger partial charge in [0.15, 0.2) is 5.75 Å². The fourth-order valence-electron chi connectivity index (χ4n) is 4.65. The van der Waals surface area contributed by atoms with E-state index < -0.39 is 17.9 Å². The van der Waals surface area contributed by atoms with Crippen LogP contribution in [0.15, 0.2) is 79.3 Å². The molecule has 9 heteroatoms. The highest BCUT2D eigenvalue weighted by molar-refractivity contribution is 6.30. The van der Waals surface area contributed by atoms with Gasteiger partial charge in [0.05, 0.1) is 36.4 Å². The molecule has 1 amide bonds. The number of aryl methyl sites for hydroxylation is 1. The largest absolute Gasteiger partial charge is 0.489 e. The first-order valence-electron chi connectivity index (χ1n) is 12.7. The number of carbonyl (C=O) groups excluding carboxylic acids is 1. The molecule has 2 heterocycles. The molecule has 0 bridgehead atoms. The molecule has 1 aliphatic heterocycles. The normalized spacial score (nSPS) is 13.3. The van der Waals surface area contributed by atoms with Gasteiger partial charge in [0.2, 0.25) is 0 Å². The Balaban J connectivity index is 1.33. The summed E-state index contributed by atoms with van der Waals surface area (Å²) in [7, 11) is 0. The summed E-state index contributed by atoms with van der Waals surface area (Å²) < 4.78 is 8.06. The van der Waals surface area contributed by atoms with E-state index in [0.717, 1.165) is 16.9 Å². The van der Waals surface area contributed by atoms with Crippen LogP contribution in [0.4, 0.5) is 5.69 Å². The standard InChI is InChI=1S/C30H29ClN4O4/c1-20-5-7-22(8-6-20)17-35-19-32-16-24(35)18-34-13-14-39-28-25(3-2-4-27(28)34)29(36)33-26(30(37)38)15-21-9-11-23(31)12-10-21/h2-12,16,19,26H,13-15,17-18H2,1H3,(H,33,36)(H,37,38). The van der Waals surface area contributed by atoms with Crippen molar-refractivity contribution in [3.63, 3.8) is 0 Å². The number of ether oxygens (including phenoxy) is 1. The van der Waals surface area contributed by atoms with Crippen LogP contribution >= 0.6 is 11.6 Å². The van der Waals surface area contributed by atoms with Crippen molar-refractivity contribution in [2.24, 2.45) is 0 Å². The van der Waals surface area contributed by atoms with Crippen molar-refractivity contribution in [1.82, 2.24) is 14.9 Å². The van der Waals surface area contributed by atoms with Crippen molar-refractivity contribution in [1.29, 1.82) is 0 Å². The first-order chi connectivity index (χ1) is 18.9. The first-order valence-corrected chi connectivity index (χ1v) is 13.1. The first kappa shape index (κ1) is 26.3. The Morgan fingerprint density at radius 1 is 1.05 bits per heavy atom. The second-order valence-corrected chi connectivity index (χ2v) is 10.1. The molecule has 200 valence electrons. The minimum atomic E-state index is -1.12. The lowest BCUT2D eigenvalue weighted by Gasteiger charge is -2.32. The van der Waals surface area contributed by atoms with Gasteiger partial charge in [-0.15, -0.1) is 0 Å². The number of carboxylic acids is 1. The minimum Gasteiger partial charge on any atom is -0.489 e. The summed E-state index contributed by atoms with van der Waals surface area (Å²) in [6, 6.07) is 19.6. The van der Waals surface area contributed by atoms with Gasteiger partial charge in [0, 0.05) is 24.2 Å². The predicted molar refractivity (Wildman–Crippen MR) is 150 cm³/mol. The molecule has 0 aliphatic carbocycles. The van der Waals surface area contributed by atoms with E-state index in [1.165, 1.54) is 11.1 Å². The Labute approximate surface area is 231 Å². The Morgan fingerprint density at radius 3 is 2.54 bits per heavy atom. The van der Waals surface area contributed by atoms with Crippen LogP contribution in [0.3, 0.4) is 0 Å². The third-order valence-corrected chi connectivity index (χ3v) is 7.02. The van der Waals surface area contributed by atoms with Gasteiger partial charge in [-0.25, -0.2) is 9.78 Å². The number of imidazole rings is 1. The highest BCUT2D eigenvalue weighted by Crippen LogP contribution is 2.36. The summed E-state index contributed by atoms with van der Waals surface area (Å²) in [5.41, 5.74) is 5.27. The van der Waals surface area contributed by atoms with Gasteiger partial charge in [0.25, 0.3) is 5.91 Å². The summed E-state index contributed by atoms with van der Waals surface area (Å²) in [5, 5.41) is 13.0. The summed E-state index contributed by atoms with van der Waals surface area (Å²) in [6.07, 6.45) is 3.81. The number of rotatable bonds is 9. The zero-order chi connectivity index (χ0) is 27.4. The molecule has 5 rings (SSSR count). The minimum absolute atomic E-state index is 0.130. The van der Waals surface area contributed by atoms with Crippen LogP contribution in [0.2, 0.25) is 5.02 Å². The molecule has 0 saturated carbocycles. The Bertz CT molecular complexity index is 1470. The van der Waals surface area contributed by atoms with Crippen LogP contribution in [0.5, 0.6) is 5.75 Å². The molecule has 3 aromatic carbocycles. The predicted octanol–water partition coefficient (Wildman–Crippen LogP) is 4.72. The fraction of sp³-hybridized carbons (Fsp3) is 0.233.